The fraction of sp³-hybridized carbons (Fsp3) is 0.647. The van der Waals surface area contributed by atoms with Gasteiger partial charge in [-0.15, -0.1) is 0 Å². The maximum Gasteiger partial charge on any atom is 0.0867 e. The SMILES string of the molecule is CCc1ccccc1C1OCCCC1CNC1CC1. The second-order valence-electron chi connectivity index (χ2n) is 5.93. The lowest BCUT2D eigenvalue weighted by Crippen LogP contribution is -2.33. The van der Waals surface area contributed by atoms with Gasteiger partial charge in [-0.3, -0.25) is 0 Å². The van der Waals surface area contributed by atoms with E-state index in [2.05, 4.69) is 36.5 Å². The molecule has 1 N–H and O–H groups in total. The first kappa shape index (κ1) is 13.1. The number of benzene rings is 1. The van der Waals surface area contributed by atoms with Crippen molar-refractivity contribution in [3.05, 3.63) is 35.4 Å². The quantitative estimate of drug-likeness (QED) is 0.874. The summed E-state index contributed by atoms with van der Waals surface area (Å²) < 4.78 is 6.13. The molecule has 1 saturated heterocycles. The molecule has 0 amide bonds. The van der Waals surface area contributed by atoms with Gasteiger partial charge in [-0.05, 0) is 43.2 Å². The normalized spacial score (nSPS) is 27.4. The highest BCUT2D eigenvalue weighted by atomic mass is 16.5. The largest absolute Gasteiger partial charge is 0.373 e. The molecule has 1 aromatic carbocycles. The molecular weight excluding hydrogens is 234 g/mol. The summed E-state index contributed by atoms with van der Waals surface area (Å²) in [7, 11) is 0. The summed E-state index contributed by atoms with van der Waals surface area (Å²) in [6.45, 7) is 4.27. The van der Waals surface area contributed by atoms with Crippen molar-refractivity contribution in [3.8, 4) is 0 Å². The minimum Gasteiger partial charge on any atom is -0.373 e. The van der Waals surface area contributed by atoms with E-state index in [-0.39, 0.29) is 0 Å². The van der Waals surface area contributed by atoms with E-state index in [1.807, 2.05) is 0 Å². The van der Waals surface area contributed by atoms with Crippen molar-refractivity contribution in [2.24, 2.45) is 5.92 Å². The van der Waals surface area contributed by atoms with Crippen molar-refractivity contribution in [2.45, 2.75) is 51.2 Å². The molecule has 2 aliphatic rings. The van der Waals surface area contributed by atoms with Crippen LogP contribution < -0.4 is 5.32 Å². The summed E-state index contributed by atoms with van der Waals surface area (Å²) in [6.07, 6.45) is 6.63. The third-order valence-electron chi connectivity index (χ3n) is 4.43. The molecule has 3 rings (SSSR count). The third kappa shape index (κ3) is 3.18. The lowest BCUT2D eigenvalue weighted by atomic mass is 9.86. The molecule has 1 heterocycles. The molecule has 0 spiro atoms. The molecule has 2 unspecified atom stereocenters. The monoisotopic (exact) mass is 259 g/mol. The van der Waals surface area contributed by atoms with E-state index >= 15 is 0 Å². The average molecular weight is 259 g/mol. The summed E-state index contributed by atoms with van der Waals surface area (Å²) in [5.41, 5.74) is 2.87. The minimum absolute atomic E-state index is 0.302. The molecule has 0 bridgehead atoms. The molecule has 1 aromatic rings. The highest BCUT2D eigenvalue weighted by molar-refractivity contribution is 5.30. The topological polar surface area (TPSA) is 21.3 Å². The average Bonchev–Trinajstić information content (AvgIpc) is 3.29. The Labute approximate surface area is 116 Å². The first-order valence-corrected chi connectivity index (χ1v) is 7.81. The lowest BCUT2D eigenvalue weighted by Gasteiger charge is -2.33. The number of rotatable bonds is 5. The van der Waals surface area contributed by atoms with Crippen LogP contribution in [0.2, 0.25) is 0 Å². The van der Waals surface area contributed by atoms with Gasteiger partial charge in [0.1, 0.15) is 0 Å². The first-order valence-electron chi connectivity index (χ1n) is 7.81. The molecule has 2 atom stereocenters. The van der Waals surface area contributed by atoms with Crippen molar-refractivity contribution in [1.82, 2.24) is 5.32 Å². The number of ether oxygens (including phenoxy) is 1. The van der Waals surface area contributed by atoms with Gasteiger partial charge in [0, 0.05) is 25.1 Å². The van der Waals surface area contributed by atoms with Gasteiger partial charge in [0.15, 0.2) is 0 Å². The van der Waals surface area contributed by atoms with Crippen LogP contribution in [-0.4, -0.2) is 19.2 Å². The highest BCUT2D eigenvalue weighted by Gasteiger charge is 2.30. The Morgan fingerprint density at radius 2 is 2.05 bits per heavy atom. The van der Waals surface area contributed by atoms with E-state index in [0.29, 0.717) is 12.0 Å². The summed E-state index contributed by atoms with van der Waals surface area (Å²) in [5, 5.41) is 3.68. The first-order chi connectivity index (χ1) is 9.38. The molecule has 1 aliphatic carbocycles. The Kier molecular flexibility index (Phi) is 4.19. The lowest BCUT2D eigenvalue weighted by molar-refractivity contribution is -0.0283. The van der Waals surface area contributed by atoms with Crippen molar-refractivity contribution < 1.29 is 4.74 Å². The standard InChI is InChI=1S/C17H25NO/c1-2-13-6-3-4-8-16(13)17-14(7-5-11-19-17)12-18-15-9-10-15/h3-4,6,8,14-15,17-18H,2,5,7,9-12H2,1H3. The number of nitrogens with one attached hydrogen (secondary N) is 1. The molecule has 1 aliphatic heterocycles. The van der Waals surface area contributed by atoms with Crippen molar-refractivity contribution in [1.29, 1.82) is 0 Å². The van der Waals surface area contributed by atoms with Gasteiger partial charge < -0.3 is 10.1 Å². The van der Waals surface area contributed by atoms with Gasteiger partial charge in [-0.1, -0.05) is 31.2 Å². The van der Waals surface area contributed by atoms with Crippen LogP contribution in [0, 0.1) is 5.92 Å². The summed E-state index contributed by atoms with van der Waals surface area (Å²) in [5.74, 6) is 0.641. The van der Waals surface area contributed by atoms with Crippen LogP contribution in [-0.2, 0) is 11.2 Å². The summed E-state index contributed by atoms with van der Waals surface area (Å²) in [4.78, 5) is 0. The van der Waals surface area contributed by atoms with Gasteiger partial charge in [0.05, 0.1) is 6.10 Å². The molecule has 0 radical (unpaired) electrons. The Morgan fingerprint density at radius 1 is 1.21 bits per heavy atom. The zero-order chi connectivity index (χ0) is 13.1. The van der Waals surface area contributed by atoms with Gasteiger partial charge >= 0.3 is 0 Å². The molecule has 104 valence electrons. The van der Waals surface area contributed by atoms with E-state index in [9.17, 15) is 0 Å². The van der Waals surface area contributed by atoms with Crippen LogP contribution in [0.3, 0.4) is 0 Å². The van der Waals surface area contributed by atoms with E-state index in [1.54, 1.807) is 0 Å². The number of aryl methyl sites for hydroxylation is 1. The highest BCUT2D eigenvalue weighted by Crippen LogP contribution is 2.35. The van der Waals surface area contributed by atoms with Gasteiger partial charge in [-0.25, -0.2) is 0 Å². The Bertz CT molecular complexity index is 413. The maximum absolute atomic E-state index is 6.13. The fourth-order valence-electron chi connectivity index (χ4n) is 3.14. The molecule has 1 saturated carbocycles. The Balaban J connectivity index is 1.74. The Morgan fingerprint density at radius 3 is 2.84 bits per heavy atom. The van der Waals surface area contributed by atoms with Crippen LogP contribution in [0.4, 0.5) is 0 Å². The summed E-state index contributed by atoms with van der Waals surface area (Å²) >= 11 is 0. The molecule has 19 heavy (non-hydrogen) atoms. The van der Waals surface area contributed by atoms with E-state index < -0.39 is 0 Å². The van der Waals surface area contributed by atoms with Crippen molar-refractivity contribution in [3.63, 3.8) is 0 Å². The Hall–Kier alpha value is -0.860. The smallest absolute Gasteiger partial charge is 0.0867 e. The number of hydrogen-bond acceptors (Lipinski definition) is 2. The van der Waals surface area contributed by atoms with Gasteiger partial charge in [0.25, 0.3) is 0 Å². The second kappa shape index (κ2) is 6.06. The maximum atomic E-state index is 6.13. The van der Waals surface area contributed by atoms with Gasteiger partial charge in [-0.2, -0.15) is 0 Å². The van der Waals surface area contributed by atoms with Crippen LogP contribution in [0.15, 0.2) is 24.3 Å². The number of hydrogen-bond donors (Lipinski definition) is 1. The summed E-state index contributed by atoms with van der Waals surface area (Å²) in [6, 6.07) is 9.60. The predicted octanol–water partition coefficient (Wildman–Crippen LogP) is 3.47. The zero-order valence-corrected chi connectivity index (χ0v) is 11.9. The van der Waals surface area contributed by atoms with Crippen molar-refractivity contribution >= 4 is 0 Å². The van der Waals surface area contributed by atoms with Crippen LogP contribution >= 0.6 is 0 Å². The van der Waals surface area contributed by atoms with E-state index in [0.717, 1.165) is 25.6 Å². The van der Waals surface area contributed by atoms with Crippen molar-refractivity contribution in [2.75, 3.05) is 13.2 Å². The molecule has 2 fully saturated rings. The van der Waals surface area contributed by atoms with E-state index in [4.69, 9.17) is 4.74 Å². The second-order valence-corrected chi connectivity index (χ2v) is 5.93. The van der Waals surface area contributed by atoms with Crippen LogP contribution in [0.1, 0.15) is 49.8 Å². The minimum atomic E-state index is 0.302. The van der Waals surface area contributed by atoms with Crippen LogP contribution in [0.25, 0.3) is 0 Å². The predicted molar refractivity (Wildman–Crippen MR) is 78.3 cm³/mol. The van der Waals surface area contributed by atoms with Gasteiger partial charge in [0.2, 0.25) is 0 Å². The van der Waals surface area contributed by atoms with Crippen LogP contribution in [0.5, 0.6) is 0 Å². The fourth-order valence-corrected chi connectivity index (χ4v) is 3.14. The molecular formula is C17H25NO. The molecule has 2 heteroatoms. The third-order valence-corrected chi connectivity index (χ3v) is 4.43. The van der Waals surface area contributed by atoms with E-state index in [1.165, 1.54) is 36.8 Å². The molecule has 2 nitrogen and oxygen atoms in total. The zero-order valence-electron chi connectivity index (χ0n) is 11.9. The molecule has 0 aromatic heterocycles.